The second-order valence-corrected chi connectivity index (χ2v) is 4.78. The largest absolute Gasteiger partial charge is 0.454 e. The van der Waals surface area contributed by atoms with Gasteiger partial charge in [-0.1, -0.05) is 6.07 Å². The molecule has 1 aromatic carbocycles. The Balaban J connectivity index is 1.74. The van der Waals surface area contributed by atoms with Crippen LogP contribution in [-0.2, 0) is 0 Å². The third-order valence-corrected chi connectivity index (χ3v) is 3.72. The number of hydroxylamine groups is 2. The molecule has 0 saturated carbocycles. The summed E-state index contributed by atoms with van der Waals surface area (Å²) >= 11 is 0. The summed E-state index contributed by atoms with van der Waals surface area (Å²) in [6.07, 6.45) is 0. The Labute approximate surface area is 106 Å². The highest BCUT2D eigenvalue weighted by Crippen LogP contribution is 2.35. The van der Waals surface area contributed by atoms with Crippen molar-refractivity contribution in [1.29, 1.82) is 0 Å². The number of fused-ring (bicyclic) bond motifs is 1. The number of hydrogen-bond donors (Lipinski definition) is 1. The highest BCUT2D eigenvalue weighted by Gasteiger charge is 2.23. The lowest BCUT2D eigenvalue weighted by atomic mass is 10.1. The van der Waals surface area contributed by atoms with E-state index in [1.807, 2.05) is 6.07 Å². The van der Waals surface area contributed by atoms with Crippen molar-refractivity contribution in [3.05, 3.63) is 23.8 Å². The highest BCUT2D eigenvalue weighted by atomic mass is 16.7. The lowest BCUT2D eigenvalue weighted by Gasteiger charge is -2.35. The molecule has 18 heavy (non-hydrogen) atoms. The molecule has 1 fully saturated rings. The fourth-order valence-electron chi connectivity index (χ4n) is 2.48. The molecule has 0 unspecified atom stereocenters. The van der Waals surface area contributed by atoms with Gasteiger partial charge in [0.1, 0.15) is 0 Å². The monoisotopic (exact) mass is 250 g/mol. The second kappa shape index (κ2) is 4.76. The third-order valence-electron chi connectivity index (χ3n) is 3.72. The molecular weight excluding hydrogens is 232 g/mol. The summed E-state index contributed by atoms with van der Waals surface area (Å²) in [6, 6.07) is 6.44. The Morgan fingerprint density at radius 2 is 1.83 bits per heavy atom. The molecule has 2 heterocycles. The molecule has 98 valence electrons. The van der Waals surface area contributed by atoms with Crippen molar-refractivity contribution < 1.29 is 14.7 Å². The molecule has 0 radical (unpaired) electrons. The molecule has 5 heteroatoms. The first-order valence-electron chi connectivity index (χ1n) is 6.31. The quantitative estimate of drug-likeness (QED) is 0.861. The standard InChI is InChI=1S/C13H18N2O3/c1-10(14-4-6-15(16)7-5-14)11-2-3-12-13(8-11)18-9-17-12/h2-3,8,10,16H,4-7,9H2,1H3/t10-/m0/s1. The van der Waals surface area contributed by atoms with E-state index >= 15 is 0 Å². The minimum atomic E-state index is 0.316. The molecule has 1 aromatic rings. The Kier molecular flexibility index (Phi) is 3.11. The van der Waals surface area contributed by atoms with Crippen molar-refractivity contribution in [3.63, 3.8) is 0 Å². The Morgan fingerprint density at radius 3 is 2.61 bits per heavy atom. The van der Waals surface area contributed by atoms with E-state index in [1.165, 1.54) is 10.6 Å². The predicted octanol–water partition coefficient (Wildman–Crippen LogP) is 1.48. The van der Waals surface area contributed by atoms with Crippen LogP contribution in [0.25, 0.3) is 0 Å². The van der Waals surface area contributed by atoms with Crippen molar-refractivity contribution in [2.24, 2.45) is 0 Å². The highest BCUT2D eigenvalue weighted by molar-refractivity contribution is 5.45. The maximum absolute atomic E-state index is 9.38. The number of ether oxygens (including phenoxy) is 2. The zero-order valence-corrected chi connectivity index (χ0v) is 10.5. The molecule has 0 aliphatic carbocycles. The second-order valence-electron chi connectivity index (χ2n) is 4.78. The van der Waals surface area contributed by atoms with Gasteiger partial charge >= 0.3 is 0 Å². The van der Waals surface area contributed by atoms with Gasteiger partial charge in [0, 0.05) is 32.2 Å². The predicted molar refractivity (Wildman–Crippen MR) is 65.9 cm³/mol. The van der Waals surface area contributed by atoms with Crippen LogP contribution in [0.2, 0.25) is 0 Å². The summed E-state index contributed by atoms with van der Waals surface area (Å²) < 4.78 is 10.7. The van der Waals surface area contributed by atoms with Gasteiger partial charge in [-0.05, 0) is 24.6 Å². The van der Waals surface area contributed by atoms with Gasteiger partial charge < -0.3 is 14.7 Å². The van der Waals surface area contributed by atoms with Crippen LogP contribution < -0.4 is 9.47 Å². The molecule has 3 rings (SSSR count). The van der Waals surface area contributed by atoms with E-state index in [1.54, 1.807) is 0 Å². The van der Waals surface area contributed by atoms with Crippen LogP contribution in [0.1, 0.15) is 18.5 Å². The van der Waals surface area contributed by atoms with Gasteiger partial charge in [-0.25, -0.2) is 0 Å². The van der Waals surface area contributed by atoms with Crippen LogP contribution in [0, 0.1) is 0 Å². The first-order chi connectivity index (χ1) is 8.74. The van der Waals surface area contributed by atoms with Gasteiger partial charge in [0.05, 0.1) is 0 Å². The number of piperazine rings is 1. The number of benzene rings is 1. The molecule has 1 N–H and O–H groups in total. The molecule has 5 nitrogen and oxygen atoms in total. The van der Waals surface area contributed by atoms with E-state index in [-0.39, 0.29) is 0 Å². The van der Waals surface area contributed by atoms with Gasteiger partial charge in [-0.15, -0.1) is 0 Å². The number of rotatable bonds is 2. The zero-order valence-electron chi connectivity index (χ0n) is 10.5. The molecule has 2 aliphatic rings. The summed E-state index contributed by atoms with van der Waals surface area (Å²) in [5.41, 5.74) is 1.23. The maximum Gasteiger partial charge on any atom is 0.231 e. The van der Waals surface area contributed by atoms with Crippen molar-refractivity contribution in [3.8, 4) is 11.5 Å². The van der Waals surface area contributed by atoms with E-state index in [9.17, 15) is 5.21 Å². The van der Waals surface area contributed by atoms with E-state index in [4.69, 9.17) is 9.47 Å². The fraction of sp³-hybridized carbons (Fsp3) is 0.538. The molecule has 2 aliphatic heterocycles. The molecule has 0 aromatic heterocycles. The van der Waals surface area contributed by atoms with E-state index < -0.39 is 0 Å². The minimum Gasteiger partial charge on any atom is -0.454 e. The van der Waals surface area contributed by atoms with Gasteiger partial charge in [0.15, 0.2) is 11.5 Å². The molecule has 0 bridgehead atoms. The molecular formula is C13H18N2O3. The Morgan fingerprint density at radius 1 is 1.11 bits per heavy atom. The third kappa shape index (κ3) is 2.16. The smallest absolute Gasteiger partial charge is 0.231 e. The van der Waals surface area contributed by atoms with Crippen LogP contribution in [0.15, 0.2) is 18.2 Å². The van der Waals surface area contributed by atoms with Gasteiger partial charge in [-0.2, -0.15) is 5.06 Å². The van der Waals surface area contributed by atoms with E-state index in [2.05, 4.69) is 24.0 Å². The zero-order chi connectivity index (χ0) is 12.5. The molecule has 0 amide bonds. The first-order valence-corrected chi connectivity index (χ1v) is 6.31. The summed E-state index contributed by atoms with van der Waals surface area (Å²) in [5, 5.41) is 10.8. The van der Waals surface area contributed by atoms with Crippen molar-refractivity contribution in [1.82, 2.24) is 9.96 Å². The lowest BCUT2D eigenvalue weighted by molar-refractivity contribution is -0.121. The summed E-state index contributed by atoms with van der Waals surface area (Å²) in [5.74, 6) is 1.66. The van der Waals surface area contributed by atoms with Gasteiger partial charge in [0.25, 0.3) is 0 Å². The van der Waals surface area contributed by atoms with Gasteiger partial charge in [0.2, 0.25) is 6.79 Å². The average molecular weight is 250 g/mol. The SMILES string of the molecule is C[C@@H](c1ccc2c(c1)OCO2)N1CCN(O)CC1. The number of hydrogen-bond acceptors (Lipinski definition) is 5. The van der Waals surface area contributed by atoms with Crippen molar-refractivity contribution in [2.75, 3.05) is 33.0 Å². The Bertz CT molecular complexity index is 430. The number of nitrogens with zero attached hydrogens (tertiary/aromatic N) is 2. The normalized spacial score (nSPS) is 22.1. The maximum atomic E-state index is 9.38. The lowest BCUT2D eigenvalue weighted by Crippen LogP contribution is -2.45. The molecule has 0 spiro atoms. The van der Waals surface area contributed by atoms with Crippen LogP contribution in [0.3, 0.4) is 0 Å². The van der Waals surface area contributed by atoms with Gasteiger partial charge in [-0.3, -0.25) is 4.90 Å². The van der Waals surface area contributed by atoms with Crippen molar-refractivity contribution in [2.45, 2.75) is 13.0 Å². The van der Waals surface area contributed by atoms with Crippen LogP contribution in [-0.4, -0.2) is 48.1 Å². The van der Waals surface area contributed by atoms with Crippen LogP contribution in [0.5, 0.6) is 11.5 Å². The Hall–Kier alpha value is -1.30. The topological polar surface area (TPSA) is 45.2 Å². The minimum absolute atomic E-state index is 0.316. The molecule has 1 saturated heterocycles. The average Bonchev–Trinajstić information content (AvgIpc) is 2.86. The van der Waals surface area contributed by atoms with Crippen molar-refractivity contribution >= 4 is 0 Å². The molecule has 1 atom stereocenters. The summed E-state index contributed by atoms with van der Waals surface area (Å²) in [6.45, 7) is 5.67. The summed E-state index contributed by atoms with van der Waals surface area (Å²) in [4.78, 5) is 2.37. The summed E-state index contributed by atoms with van der Waals surface area (Å²) in [7, 11) is 0. The first kappa shape index (κ1) is 11.8. The fourth-order valence-corrected chi connectivity index (χ4v) is 2.48. The van der Waals surface area contributed by atoms with Crippen LogP contribution in [0.4, 0.5) is 0 Å². The van der Waals surface area contributed by atoms with E-state index in [0.29, 0.717) is 25.9 Å². The van der Waals surface area contributed by atoms with Crippen LogP contribution >= 0.6 is 0 Å². The van der Waals surface area contributed by atoms with E-state index in [0.717, 1.165) is 24.6 Å².